The summed E-state index contributed by atoms with van der Waals surface area (Å²) in [6.45, 7) is 0. The zero-order chi connectivity index (χ0) is 20.1. The summed E-state index contributed by atoms with van der Waals surface area (Å²) >= 11 is 0. The summed E-state index contributed by atoms with van der Waals surface area (Å²) in [5, 5.41) is 23.6. The molecule has 0 aliphatic rings. The van der Waals surface area contributed by atoms with Gasteiger partial charge < -0.3 is 20.8 Å². The summed E-state index contributed by atoms with van der Waals surface area (Å²) in [6, 6.07) is 4.79. The Labute approximate surface area is 154 Å². The monoisotopic (exact) mass is 378 g/mol. The fraction of sp³-hybridized carbons (Fsp3) is 0.263. The van der Waals surface area contributed by atoms with Gasteiger partial charge in [0.1, 0.15) is 11.6 Å². The largest absolute Gasteiger partial charge is 0.478 e. The standard InChI is InChI=1S/C19H20F2N2O4/c1-22-16-6-10(14(20)8-12(16)18(24)25)4-3-5-11-7-17(23-2)13(19(26)27)9-15(11)21/h6-9,22-23H,3-5H2,1-2H3,(H,24,25)(H,26,27). The van der Waals surface area contributed by atoms with E-state index in [4.69, 9.17) is 10.2 Å². The van der Waals surface area contributed by atoms with Gasteiger partial charge in [0.2, 0.25) is 0 Å². The van der Waals surface area contributed by atoms with Gasteiger partial charge in [-0.25, -0.2) is 18.4 Å². The van der Waals surface area contributed by atoms with Gasteiger partial charge in [-0.05, 0) is 54.7 Å². The maximum atomic E-state index is 14.2. The average Bonchev–Trinajstić information content (AvgIpc) is 2.63. The van der Waals surface area contributed by atoms with Crippen LogP contribution in [0.4, 0.5) is 20.2 Å². The van der Waals surface area contributed by atoms with Crippen molar-refractivity contribution in [3.63, 3.8) is 0 Å². The molecular formula is C19H20F2N2O4. The van der Waals surface area contributed by atoms with E-state index in [1.54, 1.807) is 14.1 Å². The second kappa shape index (κ2) is 8.48. The molecule has 0 aromatic heterocycles. The minimum absolute atomic E-state index is 0.160. The molecular weight excluding hydrogens is 358 g/mol. The van der Waals surface area contributed by atoms with E-state index in [0.29, 0.717) is 28.9 Å². The third kappa shape index (κ3) is 4.52. The molecule has 0 saturated carbocycles. The fourth-order valence-corrected chi connectivity index (χ4v) is 2.86. The van der Waals surface area contributed by atoms with Crippen molar-refractivity contribution in [3.05, 3.63) is 58.2 Å². The molecule has 0 radical (unpaired) electrons. The molecule has 0 amide bonds. The van der Waals surface area contributed by atoms with E-state index >= 15 is 0 Å². The summed E-state index contributed by atoms with van der Waals surface area (Å²) < 4.78 is 28.3. The normalized spacial score (nSPS) is 10.5. The van der Waals surface area contributed by atoms with Gasteiger partial charge in [-0.2, -0.15) is 0 Å². The molecule has 6 nitrogen and oxygen atoms in total. The lowest BCUT2D eigenvalue weighted by Gasteiger charge is -2.12. The molecule has 144 valence electrons. The van der Waals surface area contributed by atoms with Gasteiger partial charge in [0, 0.05) is 25.5 Å². The highest BCUT2D eigenvalue weighted by Crippen LogP contribution is 2.25. The zero-order valence-corrected chi connectivity index (χ0v) is 14.9. The van der Waals surface area contributed by atoms with Crippen LogP contribution in [0.15, 0.2) is 24.3 Å². The van der Waals surface area contributed by atoms with E-state index in [0.717, 1.165) is 12.1 Å². The second-order valence-electron chi connectivity index (χ2n) is 5.94. The molecule has 0 saturated heterocycles. The molecule has 0 atom stereocenters. The first-order valence-electron chi connectivity index (χ1n) is 8.25. The Balaban J connectivity index is 2.17. The lowest BCUT2D eigenvalue weighted by molar-refractivity contribution is 0.0686. The number of carboxylic acids is 2. The van der Waals surface area contributed by atoms with Crippen molar-refractivity contribution in [1.82, 2.24) is 0 Å². The Morgan fingerprint density at radius 2 is 1.19 bits per heavy atom. The molecule has 8 heteroatoms. The highest BCUT2D eigenvalue weighted by Gasteiger charge is 2.16. The van der Waals surface area contributed by atoms with Gasteiger partial charge in [0.05, 0.1) is 11.1 Å². The summed E-state index contributed by atoms with van der Waals surface area (Å²) in [7, 11) is 3.09. The maximum absolute atomic E-state index is 14.2. The van der Waals surface area contributed by atoms with Crippen molar-refractivity contribution in [2.75, 3.05) is 24.7 Å². The van der Waals surface area contributed by atoms with Crippen molar-refractivity contribution >= 4 is 23.3 Å². The van der Waals surface area contributed by atoms with E-state index in [1.807, 2.05) is 0 Å². The Bertz CT molecular complexity index is 813. The topological polar surface area (TPSA) is 98.7 Å². The van der Waals surface area contributed by atoms with Crippen molar-refractivity contribution in [2.24, 2.45) is 0 Å². The second-order valence-corrected chi connectivity index (χ2v) is 5.94. The number of carboxylic acid groups (broad SMARTS) is 2. The van der Waals surface area contributed by atoms with Crippen LogP contribution in [-0.2, 0) is 12.8 Å². The number of aromatic carboxylic acids is 2. The van der Waals surface area contributed by atoms with Crippen LogP contribution in [0.25, 0.3) is 0 Å². The van der Waals surface area contributed by atoms with E-state index < -0.39 is 23.6 Å². The number of hydrogen-bond acceptors (Lipinski definition) is 4. The fourth-order valence-electron chi connectivity index (χ4n) is 2.86. The number of nitrogens with one attached hydrogen (secondary N) is 2. The molecule has 0 aliphatic heterocycles. The molecule has 0 fully saturated rings. The number of hydrogen-bond donors (Lipinski definition) is 4. The van der Waals surface area contributed by atoms with Crippen molar-refractivity contribution in [1.29, 1.82) is 0 Å². The smallest absolute Gasteiger partial charge is 0.337 e. The van der Waals surface area contributed by atoms with Crippen LogP contribution in [0, 0.1) is 11.6 Å². The molecule has 0 spiro atoms. The Kier molecular flexibility index (Phi) is 6.33. The summed E-state index contributed by atoms with van der Waals surface area (Å²) in [5.74, 6) is -3.73. The van der Waals surface area contributed by atoms with Gasteiger partial charge in [0.25, 0.3) is 0 Å². The van der Waals surface area contributed by atoms with Gasteiger partial charge in [-0.1, -0.05) is 0 Å². The van der Waals surface area contributed by atoms with Gasteiger partial charge in [-0.15, -0.1) is 0 Å². The van der Waals surface area contributed by atoms with Gasteiger partial charge in [-0.3, -0.25) is 0 Å². The van der Waals surface area contributed by atoms with E-state index in [2.05, 4.69) is 10.6 Å². The molecule has 2 rings (SSSR count). The van der Waals surface area contributed by atoms with Crippen LogP contribution in [0.5, 0.6) is 0 Å². The maximum Gasteiger partial charge on any atom is 0.337 e. The average molecular weight is 378 g/mol. The van der Waals surface area contributed by atoms with Crippen LogP contribution in [-0.4, -0.2) is 36.2 Å². The van der Waals surface area contributed by atoms with Crippen LogP contribution >= 0.6 is 0 Å². The first-order chi connectivity index (χ1) is 12.8. The number of carbonyl (C=O) groups is 2. The molecule has 0 aliphatic carbocycles. The highest BCUT2D eigenvalue weighted by molar-refractivity contribution is 5.95. The van der Waals surface area contributed by atoms with Crippen molar-refractivity contribution in [2.45, 2.75) is 19.3 Å². The van der Waals surface area contributed by atoms with E-state index in [9.17, 15) is 18.4 Å². The van der Waals surface area contributed by atoms with Crippen LogP contribution < -0.4 is 10.6 Å². The SMILES string of the molecule is CNc1cc(CCCc2cc(NC)c(C(=O)O)cc2F)c(F)cc1C(=O)O. The number of halogens is 2. The Morgan fingerprint density at radius 3 is 1.48 bits per heavy atom. The molecule has 2 aromatic rings. The molecule has 0 unspecified atom stereocenters. The van der Waals surface area contributed by atoms with Crippen molar-refractivity contribution in [3.8, 4) is 0 Å². The summed E-state index contributed by atoms with van der Waals surface area (Å²) in [4.78, 5) is 22.2. The number of anilines is 2. The van der Waals surface area contributed by atoms with E-state index in [1.165, 1.54) is 12.1 Å². The van der Waals surface area contributed by atoms with Crippen molar-refractivity contribution < 1.29 is 28.6 Å². The first kappa shape index (κ1) is 20.2. The van der Waals surface area contributed by atoms with Gasteiger partial charge >= 0.3 is 11.9 Å². The lowest BCUT2D eigenvalue weighted by Crippen LogP contribution is -2.07. The highest BCUT2D eigenvalue weighted by atomic mass is 19.1. The molecule has 0 bridgehead atoms. The third-order valence-electron chi connectivity index (χ3n) is 4.26. The minimum atomic E-state index is -1.23. The van der Waals surface area contributed by atoms with E-state index in [-0.39, 0.29) is 24.0 Å². The number of benzene rings is 2. The van der Waals surface area contributed by atoms with Crippen LogP contribution in [0.3, 0.4) is 0 Å². The quantitative estimate of drug-likeness (QED) is 0.560. The molecule has 2 aromatic carbocycles. The number of aryl methyl sites for hydroxylation is 2. The lowest BCUT2D eigenvalue weighted by atomic mass is 9.99. The Hall–Kier alpha value is -3.16. The van der Waals surface area contributed by atoms with Gasteiger partial charge in [0.15, 0.2) is 0 Å². The molecule has 4 N–H and O–H groups in total. The summed E-state index contributed by atoms with van der Waals surface area (Å²) in [6.07, 6.45) is 0.948. The predicted octanol–water partition coefficient (Wildman–Crippen LogP) is 3.62. The Morgan fingerprint density at radius 1 is 0.815 bits per heavy atom. The molecule has 27 heavy (non-hydrogen) atoms. The minimum Gasteiger partial charge on any atom is -0.478 e. The third-order valence-corrected chi connectivity index (χ3v) is 4.26. The summed E-state index contributed by atoms with van der Waals surface area (Å²) in [5.41, 5.74) is 0.920. The molecule has 0 heterocycles. The van der Waals surface area contributed by atoms with Crippen LogP contribution in [0.2, 0.25) is 0 Å². The van der Waals surface area contributed by atoms with Crippen LogP contribution in [0.1, 0.15) is 38.3 Å². The first-order valence-corrected chi connectivity index (χ1v) is 8.25. The predicted molar refractivity (Wildman–Crippen MR) is 97.8 cm³/mol. The zero-order valence-electron chi connectivity index (χ0n) is 14.9. The number of rotatable bonds is 8.